The Labute approximate surface area is 155 Å². The van der Waals surface area contributed by atoms with Crippen molar-refractivity contribution in [3.63, 3.8) is 0 Å². The molecule has 2 aromatic carbocycles. The molecule has 1 atom stereocenters. The van der Waals surface area contributed by atoms with Crippen LogP contribution in [0.1, 0.15) is 23.0 Å². The number of halogens is 1. The van der Waals surface area contributed by atoms with E-state index in [4.69, 9.17) is 4.74 Å². The molecule has 138 valence electrons. The molecular formula is C20H18FN3O3. The topological polar surface area (TPSA) is 73.2 Å². The number of carbonyl (C=O) groups excluding carboxylic acids is 2. The molecule has 27 heavy (non-hydrogen) atoms. The molecule has 0 aliphatic carbocycles. The van der Waals surface area contributed by atoms with Crippen molar-refractivity contribution in [1.82, 2.24) is 9.78 Å². The number of aryl methyl sites for hydroxylation is 1. The molecule has 0 saturated carbocycles. The molecule has 0 saturated heterocycles. The predicted octanol–water partition coefficient (Wildman–Crippen LogP) is 3.50. The van der Waals surface area contributed by atoms with Crippen LogP contribution in [0, 0.1) is 12.7 Å². The van der Waals surface area contributed by atoms with Crippen LogP contribution in [0.5, 0.6) is 0 Å². The second kappa shape index (κ2) is 7.82. The van der Waals surface area contributed by atoms with Gasteiger partial charge in [0, 0.05) is 17.6 Å². The number of ether oxygens (including phenoxy) is 1. The molecule has 0 spiro atoms. The van der Waals surface area contributed by atoms with E-state index in [-0.39, 0.29) is 0 Å². The molecule has 1 aromatic heterocycles. The fourth-order valence-electron chi connectivity index (χ4n) is 2.44. The van der Waals surface area contributed by atoms with Crippen LogP contribution in [0.4, 0.5) is 10.1 Å². The van der Waals surface area contributed by atoms with E-state index in [1.54, 1.807) is 35.1 Å². The number of nitrogens with one attached hydrogen (secondary N) is 1. The first-order valence-corrected chi connectivity index (χ1v) is 8.32. The quantitative estimate of drug-likeness (QED) is 0.701. The number of esters is 1. The van der Waals surface area contributed by atoms with Crippen LogP contribution in [0.15, 0.2) is 60.8 Å². The highest BCUT2D eigenvalue weighted by atomic mass is 19.1. The van der Waals surface area contributed by atoms with Crippen molar-refractivity contribution in [3.05, 3.63) is 77.9 Å². The number of nitrogens with zero attached hydrogens (tertiary/aromatic N) is 2. The van der Waals surface area contributed by atoms with Crippen molar-refractivity contribution in [2.45, 2.75) is 20.0 Å². The molecule has 1 heterocycles. The highest BCUT2D eigenvalue weighted by Crippen LogP contribution is 2.14. The van der Waals surface area contributed by atoms with Crippen LogP contribution in [-0.2, 0) is 9.53 Å². The first-order valence-electron chi connectivity index (χ1n) is 8.32. The minimum Gasteiger partial charge on any atom is -0.449 e. The predicted molar refractivity (Wildman–Crippen MR) is 98.2 cm³/mol. The van der Waals surface area contributed by atoms with E-state index in [1.807, 2.05) is 13.0 Å². The summed E-state index contributed by atoms with van der Waals surface area (Å²) in [6.45, 7) is 3.40. The molecule has 3 aromatic rings. The summed E-state index contributed by atoms with van der Waals surface area (Å²) in [5.74, 6) is -1.51. The second-order valence-corrected chi connectivity index (χ2v) is 5.97. The van der Waals surface area contributed by atoms with Gasteiger partial charge in [-0.1, -0.05) is 0 Å². The van der Waals surface area contributed by atoms with E-state index in [9.17, 15) is 14.0 Å². The van der Waals surface area contributed by atoms with Crippen molar-refractivity contribution in [2.24, 2.45) is 0 Å². The van der Waals surface area contributed by atoms with E-state index >= 15 is 0 Å². The Morgan fingerprint density at radius 1 is 1.07 bits per heavy atom. The second-order valence-electron chi connectivity index (χ2n) is 5.97. The number of carbonyl (C=O) groups is 2. The highest BCUT2D eigenvalue weighted by molar-refractivity contribution is 5.97. The Balaban J connectivity index is 1.61. The summed E-state index contributed by atoms with van der Waals surface area (Å²) in [4.78, 5) is 24.4. The van der Waals surface area contributed by atoms with Crippen LogP contribution in [0.2, 0.25) is 0 Å². The average molecular weight is 367 g/mol. The minimum absolute atomic E-state index is 0.324. The normalized spacial score (nSPS) is 11.7. The van der Waals surface area contributed by atoms with Gasteiger partial charge < -0.3 is 10.1 Å². The third-order valence-electron chi connectivity index (χ3n) is 3.94. The largest absolute Gasteiger partial charge is 0.449 e. The third kappa shape index (κ3) is 4.38. The van der Waals surface area contributed by atoms with Crippen LogP contribution in [-0.4, -0.2) is 27.8 Å². The number of aromatic nitrogens is 2. The van der Waals surface area contributed by atoms with Crippen molar-refractivity contribution >= 4 is 17.6 Å². The zero-order chi connectivity index (χ0) is 19.4. The van der Waals surface area contributed by atoms with Crippen molar-refractivity contribution in [2.75, 3.05) is 5.32 Å². The van der Waals surface area contributed by atoms with Crippen molar-refractivity contribution in [1.29, 1.82) is 0 Å². The van der Waals surface area contributed by atoms with Crippen LogP contribution in [0.25, 0.3) is 5.69 Å². The number of benzene rings is 2. The van der Waals surface area contributed by atoms with Gasteiger partial charge in [0.2, 0.25) is 0 Å². The number of anilines is 1. The van der Waals surface area contributed by atoms with Gasteiger partial charge in [0.25, 0.3) is 5.91 Å². The monoisotopic (exact) mass is 367 g/mol. The third-order valence-corrected chi connectivity index (χ3v) is 3.94. The summed E-state index contributed by atoms with van der Waals surface area (Å²) < 4.78 is 19.8. The van der Waals surface area contributed by atoms with E-state index < -0.39 is 23.8 Å². The van der Waals surface area contributed by atoms with Gasteiger partial charge in [-0.3, -0.25) is 4.79 Å². The molecule has 0 unspecified atom stereocenters. The van der Waals surface area contributed by atoms with Crippen molar-refractivity contribution < 1.29 is 18.7 Å². The summed E-state index contributed by atoms with van der Waals surface area (Å²) in [6.07, 6.45) is 0.689. The van der Waals surface area contributed by atoms with E-state index in [0.29, 0.717) is 11.3 Å². The number of hydrogen-bond acceptors (Lipinski definition) is 4. The zero-order valence-electron chi connectivity index (χ0n) is 14.8. The molecule has 7 heteroatoms. The van der Waals surface area contributed by atoms with Gasteiger partial charge in [-0.15, -0.1) is 0 Å². The van der Waals surface area contributed by atoms with Gasteiger partial charge in [0.15, 0.2) is 6.10 Å². The van der Waals surface area contributed by atoms with E-state index in [1.165, 1.54) is 31.2 Å². The maximum Gasteiger partial charge on any atom is 0.338 e. The first kappa shape index (κ1) is 18.3. The van der Waals surface area contributed by atoms with Gasteiger partial charge in [-0.25, -0.2) is 13.9 Å². The summed E-state index contributed by atoms with van der Waals surface area (Å²) in [6, 6.07) is 13.9. The molecule has 0 aliphatic heterocycles. The summed E-state index contributed by atoms with van der Waals surface area (Å²) in [7, 11) is 0. The summed E-state index contributed by atoms with van der Waals surface area (Å²) in [5, 5.41) is 6.77. The summed E-state index contributed by atoms with van der Waals surface area (Å²) >= 11 is 0. The lowest BCUT2D eigenvalue weighted by Gasteiger charge is -2.14. The lowest BCUT2D eigenvalue weighted by atomic mass is 10.2. The first-order chi connectivity index (χ1) is 12.9. The molecule has 1 amide bonds. The van der Waals surface area contributed by atoms with Gasteiger partial charge in [-0.05, 0) is 68.4 Å². The smallest absolute Gasteiger partial charge is 0.338 e. The van der Waals surface area contributed by atoms with Gasteiger partial charge in [0.1, 0.15) is 5.82 Å². The SMILES string of the molecule is Cc1ccnn1-c1ccc(C(=O)O[C@H](C)C(=O)Nc2ccc(F)cc2)cc1. The van der Waals surface area contributed by atoms with Crippen LogP contribution in [0.3, 0.4) is 0 Å². The Bertz CT molecular complexity index is 949. The Morgan fingerprint density at radius 3 is 2.33 bits per heavy atom. The maximum absolute atomic E-state index is 12.9. The van der Waals surface area contributed by atoms with Crippen LogP contribution < -0.4 is 5.32 Å². The van der Waals surface area contributed by atoms with Gasteiger partial charge in [-0.2, -0.15) is 5.10 Å². The maximum atomic E-state index is 12.9. The molecule has 0 radical (unpaired) electrons. The Kier molecular flexibility index (Phi) is 5.30. The van der Waals surface area contributed by atoms with Gasteiger partial charge in [0.05, 0.1) is 11.3 Å². The van der Waals surface area contributed by atoms with Crippen molar-refractivity contribution in [3.8, 4) is 5.69 Å². The molecule has 0 bridgehead atoms. The highest BCUT2D eigenvalue weighted by Gasteiger charge is 2.19. The summed E-state index contributed by atoms with van der Waals surface area (Å²) in [5.41, 5.74) is 2.53. The number of amides is 1. The number of hydrogen-bond donors (Lipinski definition) is 1. The van der Waals surface area contributed by atoms with E-state index in [0.717, 1.165) is 11.4 Å². The molecule has 0 aliphatic rings. The molecule has 6 nitrogen and oxygen atoms in total. The molecule has 3 rings (SSSR count). The van der Waals surface area contributed by atoms with E-state index in [2.05, 4.69) is 10.4 Å². The minimum atomic E-state index is -1.00. The fraction of sp³-hybridized carbons (Fsp3) is 0.150. The lowest BCUT2D eigenvalue weighted by molar-refractivity contribution is -0.123. The fourth-order valence-corrected chi connectivity index (χ4v) is 2.44. The van der Waals surface area contributed by atoms with Crippen LogP contribution >= 0.6 is 0 Å². The standard InChI is InChI=1S/C20H18FN3O3/c1-13-11-12-22-24(13)18-9-3-15(4-10-18)20(26)27-14(2)19(25)23-17-7-5-16(21)6-8-17/h3-12,14H,1-2H3,(H,23,25)/t14-/m1/s1. The average Bonchev–Trinajstić information content (AvgIpc) is 3.09. The Hall–Kier alpha value is -3.48. The van der Waals surface area contributed by atoms with Gasteiger partial charge >= 0.3 is 5.97 Å². The number of rotatable bonds is 5. The Morgan fingerprint density at radius 2 is 1.74 bits per heavy atom. The molecular weight excluding hydrogens is 349 g/mol. The lowest BCUT2D eigenvalue weighted by Crippen LogP contribution is -2.30. The molecule has 1 N–H and O–H groups in total. The molecule has 0 fully saturated rings. The zero-order valence-corrected chi connectivity index (χ0v) is 14.8.